The first-order chi connectivity index (χ1) is 9.65. The fourth-order valence-corrected chi connectivity index (χ4v) is 3.64. The van der Waals surface area contributed by atoms with Crippen molar-refractivity contribution in [2.75, 3.05) is 32.7 Å². The molecule has 120 valence electrons. The Kier molecular flexibility index (Phi) is 8.74. The molecule has 0 bridgehead atoms. The average molecular weight is 284 g/mol. The SMILES string of the molecule is CCC1CCC(N)C(N(CC)CCCN(CC)CC)C1. The van der Waals surface area contributed by atoms with E-state index >= 15 is 0 Å². The Morgan fingerprint density at radius 1 is 0.950 bits per heavy atom. The van der Waals surface area contributed by atoms with E-state index in [1.165, 1.54) is 58.3 Å². The maximum Gasteiger partial charge on any atom is 0.0249 e. The summed E-state index contributed by atoms with van der Waals surface area (Å²) in [7, 11) is 0. The van der Waals surface area contributed by atoms with Crippen LogP contribution < -0.4 is 5.73 Å². The second kappa shape index (κ2) is 9.75. The van der Waals surface area contributed by atoms with Gasteiger partial charge in [-0.1, -0.05) is 34.1 Å². The molecule has 0 aromatic rings. The monoisotopic (exact) mass is 283 g/mol. The third kappa shape index (κ3) is 5.34. The van der Waals surface area contributed by atoms with Gasteiger partial charge < -0.3 is 10.6 Å². The fourth-order valence-electron chi connectivity index (χ4n) is 3.64. The molecule has 0 aromatic heterocycles. The van der Waals surface area contributed by atoms with Gasteiger partial charge in [0, 0.05) is 12.1 Å². The van der Waals surface area contributed by atoms with Crippen molar-refractivity contribution in [2.24, 2.45) is 11.7 Å². The molecule has 0 radical (unpaired) electrons. The van der Waals surface area contributed by atoms with Gasteiger partial charge in [0.1, 0.15) is 0 Å². The molecule has 1 saturated carbocycles. The summed E-state index contributed by atoms with van der Waals surface area (Å²) in [5, 5.41) is 0. The number of hydrogen-bond acceptors (Lipinski definition) is 3. The highest BCUT2D eigenvalue weighted by Gasteiger charge is 2.30. The summed E-state index contributed by atoms with van der Waals surface area (Å²) in [6.45, 7) is 15.0. The van der Waals surface area contributed by atoms with Crippen molar-refractivity contribution in [3.05, 3.63) is 0 Å². The zero-order valence-electron chi connectivity index (χ0n) is 14.3. The minimum absolute atomic E-state index is 0.395. The standard InChI is InChI=1S/C17H37N3/c1-5-15-10-11-16(18)17(14-15)20(8-4)13-9-12-19(6-2)7-3/h15-17H,5-14,18H2,1-4H3. The molecule has 1 fully saturated rings. The van der Waals surface area contributed by atoms with E-state index in [9.17, 15) is 0 Å². The van der Waals surface area contributed by atoms with Crippen molar-refractivity contribution < 1.29 is 0 Å². The van der Waals surface area contributed by atoms with Gasteiger partial charge in [0.25, 0.3) is 0 Å². The molecule has 1 rings (SSSR count). The summed E-state index contributed by atoms with van der Waals surface area (Å²) in [4.78, 5) is 5.17. The van der Waals surface area contributed by atoms with E-state index in [1.807, 2.05) is 0 Å². The second-order valence-corrected chi connectivity index (χ2v) is 6.33. The summed E-state index contributed by atoms with van der Waals surface area (Å²) >= 11 is 0. The Balaban J connectivity index is 2.43. The summed E-state index contributed by atoms with van der Waals surface area (Å²) in [5.74, 6) is 0.900. The highest BCUT2D eigenvalue weighted by atomic mass is 15.2. The first kappa shape index (κ1) is 17.9. The van der Waals surface area contributed by atoms with Gasteiger partial charge in [0.05, 0.1) is 0 Å². The molecule has 0 saturated heterocycles. The van der Waals surface area contributed by atoms with Crippen LogP contribution in [0.15, 0.2) is 0 Å². The average Bonchev–Trinajstić information content (AvgIpc) is 2.49. The summed E-state index contributed by atoms with van der Waals surface area (Å²) in [5.41, 5.74) is 6.40. The lowest BCUT2D eigenvalue weighted by Gasteiger charge is -2.41. The van der Waals surface area contributed by atoms with Gasteiger partial charge >= 0.3 is 0 Å². The van der Waals surface area contributed by atoms with Crippen molar-refractivity contribution in [3.63, 3.8) is 0 Å². The van der Waals surface area contributed by atoms with Crippen LogP contribution in [0.3, 0.4) is 0 Å². The molecular weight excluding hydrogens is 246 g/mol. The van der Waals surface area contributed by atoms with Gasteiger partial charge in [-0.25, -0.2) is 0 Å². The highest BCUT2D eigenvalue weighted by Crippen LogP contribution is 2.29. The molecular formula is C17H37N3. The Labute approximate surface area is 126 Å². The summed E-state index contributed by atoms with van der Waals surface area (Å²) in [6.07, 6.45) is 6.47. The third-order valence-corrected chi connectivity index (χ3v) is 5.24. The molecule has 0 aliphatic heterocycles. The number of likely N-dealkylation sites (N-methyl/N-ethyl adjacent to an activating group) is 1. The summed E-state index contributed by atoms with van der Waals surface area (Å²) in [6, 6.07) is 1.02. The molecule has 20 heavy (non-hydrogen) atoms. The zero-order chi connectivity index (χ0) is 15.0. The van der Waals surface area contributed by atoms with Gasteiger partial charge in [-0.2, -0.15) is 0 Å². The van der Waals surface area contributed by atoms with Crippen LogP contribution in [0, 0.1) is 5.92 Å². The van der Waals surface area contributed by atoms with Crippen LogP contribution in [0.1, 0.15) is 59.8 Å². The second-order valence-electron chi connectivity index (χ2n) is 6.33. The van der Waals surface area contributed by atoms with Crippen molar-refractivity contribution in [1.82, 2.24) is 9.80 Å². The van der Waals surface area contributed by atoms with E-state index in [0.717, 1.165) is 12.5 Å². The largest absolute Gasteiger partial charge is 0.326 e. The van der Waals surface area contributed by atoms with E-state index in [0.29, 0.717) is 12.1 Å². The lowest BCUT2D eigenvalue weighted by molar-refractivity contribution is 0.110. The van der Waals surface area contributed by atoms with Crippen molar-refractivity contribution in [1.29, 1.82) is 0 Å². The molecule has 1 aliphatic carbocycles. The van der Waals surface area contributed by atoms with Gasteiger partial charge in [-0.3, -0.25) is 4.90 Å². The van der Waals surface area contributed by atoms with Gasteiger partial charge in [-0.15, -0.1) is 0 Å². The van der Waals surface area contributed by atoms with Crippen LogP contribution in [-0.4, -0.2) is 54.6 Å². The molecule has 0 spiro atoms. The molecule has 3 unspecified atom stereocenters. The maximum atomic E-state index is 6.40. The molecule has 0 heterocycles. The number of nitrogens with two attached hydrogens (primary N) is 1. The quantitative estimate of drug-likeness (QED) is 0.706. The van der Waals surface area contributed by atoms with Gasteiger partial charge in [0.2, 0.25) is 0 Å². The van der Waals surface area contributed by atoms with E-state index in [4.69, 9.17) is 5.73 Å². The van der Waals surface area contributed by atoms with Crippen molar-refractivity contribution in [2.45, 2.75) is 71.9 Å². The molecule has 3 nitrogen and oxygen atoms in total. The maximum absolute atomic E-state index is 6.40. The van der Waals surface area contributed by atoms with Crippen LogP contribution in [0.5, 0.6) is 0 Å². The van der Waals surface area contributed by atoms with Crippen LogP contribution in [0.2, 0.25) is 0 Å². The normalized spacial score (nSPS) is 27.4. The van der Waals surface area contributed by atoms with E-state index in [2.05, 4.69) is 37.5 Å². The third-order valence-electron chi connectivity index (χ3n) is 5.24. The lowest BCUT2D eigenvalue weighted by Crippen LogP contribution is -2.51. The van der Waals surface area contributed by atoms with Crippen LogP contribution in [0.4, 0.5) is 0 Å². The molecule has 0 aromatic carbocycles. The smallest absolute Gasteiger partial charge is 0.0249 e. The Bertz CT molecular complexity index is 240. The molecule has 2 N–H and O–H groups in total. The first-order valence-electron chi connectivity index (χ1n) is 8.88. The topological polar surface area (TPSA) is 32.5 Å². The van der Waals surface area contributed by atoms with E-state index in [1.54, 1.807) is 0 Å². The van der Waals surface area contributed by atoms with Crippen molar-refractivity contribution >= 4 is 0 Å². The van der Waals surface area contributed by atoms with E-state index in [-0.39, 0.29) is 0 Å². The zero-order valence-corrected chi connectivity index (χ0v) is 14.3. The predicted octanol–water partition coefficient (Wildman–Crippen LogP) is 2.95. The Morgan fingerprint density at radius 3 is 2.20 bits per heavy atom. The number of nitrogens with zero attached hydrogens (tertiary/aromatic N) is 2. The minimum Gasteiger partial charge on any atom is -0.326 e. The number of rotatable bonds is 9. The lowest BCUT2D eigenvalue weighted by atomic mass is 9.80. The van der Waals surface area contributed by atoms with Gasteiger partial charge in [-0.05, 0) is 64.3 Å². The Morgan fingerprint density at radius 2 is 1.65 bits per heavy atom. The van der Waals surface area contributed by atoms with Crippen molar-refractivity contribution in [3.8, 4) is 0 Å². The van der Waals surface area contributed by atoms with Crippen LogP contribution in [0.25, 0.3) is 0 Å². The molecule has 3 atom stereocenters. The summed E-state index contributed by atoms with van der Waals surface area (Å²) < 4.78 is 0. The fraction of sp³-hybridized carbons (Fsp3) is 1.00. The highest BCUT2D eigenvalue weighted by molar-refractivity contribution is 4.88. The number of hydrogen-bond donors (Lipinski definition) is 1. The minimum atomic E-state index is 0.395. The van der Waals surface area contributed by atoms with Gasteiger partial charge in [0.15, 0.2) is 0 Å². The van der Waals surface area contributed by atoms with Crippen LogP contribution in [-0.2, 0) is 0 Å². The molecule has 1 aliphatic rings. The molecule has 0 amide bonds. The van der Waals surface area contributed by atoms with Crippen LogP contribution >= 0.6 is 0 Å². The molecule has 3 heteroatoms. The predicted molar refractivity (Wildman–Crippen MR) is 89.0 cm³/mol. The Hall–Kier alpha value is -0.120. The first-order valence-corrected chi connectivity index (χ1v) is 8.88. The van der Waals surface area contributed by atoms with E-state index < -0.39 is 0 Å².